The molecular weight excluding hydrogens is 262 g/mol. The number of amides is 1. The van der Waals surface area contributed by atoms with Crippen LogP contribution in [0.3, 0.4) is 0 Å². The number of hydrogen-bond donors (Lipinski definition) is 3. The Labute approximate surface area is 117 Å². The van der Waals surface area contributed by atoms with Crippen molar-refractivity contribution in [2.75, 3.05) is 20.8 Å². The molecule has 7 heteroatoms. The molecule has 0 aliphatic rings. The van der Waals surface area contributed by atoms with Crippen molar-refractivity contribution in [1.82, 2.24) is 5.32 Å². The maximum absolute atomic E-state index is 11.7. The van der Waals surface area contributed by atoms with Crippen LogP contribution >= 0.6 is 0 Å². The van der Waals surface area contributed by atoms with Crippen LogP contribution in [-0.2, 0) is 11.2 Å². The molecule has 0 unspecified atom stereocenters. The van der Waals surface area contributed by atoms with Crippen LogP contribution < -0.4 is 20.5 Å². The first-order chi connectivity index (χ1) is 9.60. The van der Waals surface area contributed by atoms with Crippen molar-refractivity contribution in [3.63, 3.8) is 0 Å². The third-order valence-corrected chi connectivity index (χ3v) is 2.64. The fourth-order valence-electron chi connectivity index (χ4n) is 1.62. The lowest BCUT2D eigenvalue weighted by molar-refractivity contribution is -0.120. The van der Waals surface area contributed by atoms with Crippen molar-refractivity contribution in [2.45, 2.75) is 12.8 Å². The number of amidine groups is 1. The summed E-state index contributed by atoms with van der Waals surface area (Å²) >= 11 is 0. The normalized spacial score (nSPS) is 11.0. The fourth-order valence-corrected chi connectivity index (χ4v) is 1.62. The predicted octanol–water partition coefficient (Wildman–Crippen LogP) is 0.499. The third kappa shape index (κ3) is 4.68. The van der Waals surface area contributed by atoms with Crippen molar-refractivity contribution < 1.29 is 19.5 Å². The first kappa shape index (κ1) is 15.6. The number of nitrogens with zero attached hydrogens (tertiary/aromatic N) is 1. The topological polar surface area (TPSA) is 106 Å². The van der Waals surface area contributed by atoms with Gasteiger partial charge in [-0.15, -0.1) is 0 Å². The van der Waals surface area contributed by atoms with E-state index in [1.54, 1.807) is 32.4 Å². The van der Waals surface area contributed by atoms with E-state index in [2.05, 4.69) is 10.5 Å². The Hall–Kier alpha value is -2.44. The highest BCUT2D eigenvalue weighted by Gasteiger charge is 2.08. The lowest BCUT2D eigenvalue weighted by Gasteiger charge is -2.09. The SMILES string of the molecule is COc1ccc(CC(=O)NCCC(N)=NO)cc1OC. The molecule has 1 amide bonds. The average molecular weight is 281 g/mol. The van der Waals surface area contributed by atoms with E-state index in [0.717, 1.165) is 5.56 Å². The van der Waals surface area contributed by atoms with E-state index in [-0.39, 0.29) is 18.2 Å². The second-order valence-electron chi connectivity index (χ2n) is 4.06. The van der Waals surface area contributed by atoms with Crippen LogP contribution in [0.5, 0.6) is 11.5 Å². The van der Waals surface area contributed by atoms with Gasteiger partial charge in [0.15, 0.2) is 11.5 Å². The molecule has 0 aromatic heterocycles. The number of ether oxygens (including phenoxy) is 2. The van der Waals surface area contributed by atoms with Gasteiger partial charge in [0.2, 0.25) is 5.91 Å². The maximum Gasteiger partial charge on any atom is 0.224 e. The van der Waals surface area contributed by atoms with Gasteiger partial charge in [-0.1, -0.05) is 11.2 Å². The van der Waals surface area contributed by atoms with Gasteiger partial charge in [0.1, 0.15) is 5.84 Å². The van der Waals surface area contributed by atoms with Crippen LogP contribution in [0, 0.1) is 0 Å². The summed E-state index contributed by atoms with van der Waals surface area (Å²) in [5.41, 5.74) is 6.11. The first-order valence-electron chi connectivity index (χ1n) is 6.04. The lowest BCUT2D eigenvalue weighted by Crippen LogP contribution is -2.29. The van der Waals surface area contributed by atoms with Crippen LogP contribution in [0.4, 0.5) is 0 Å². The second kappa shape index (κ2) is 7.88. The van der Waals surface area contributed by atoms with Crippen molar-refractivity contribution in [3.8, 4) is 11.5 Å². The molecule has 0 heterocycles. The van der Waals surface area contributed by atoms with Crippen LogP contribution in [0.25, 0.3) is 0 Å². The zero-order chi connectivity index (χ0) is 15.0. The van der Waals surface area contributed by atoms with Crippen LogP contribution in [0.15, 0.2) is 23.4 Å². The van der Waals surface area contributed by atoms with Gasteiger partial charge in [0, 0.05) is 13.0 Å². The summed E-state index contributed by atoms with van der Waals surface area (Å²) in [6.07, 6.45) is 0.519. The first-order valence-corrected chi connectivity index (χ1v) is 6.04. The Balaban J connectivity index is 2.53. The van der Waals surface area contributed by atoms with E-state index in [9.17, 15) is 4.79 Å². The van der Waals surface area contributed by atoms with Crippen molar-refractivity contribution in [2.24, 2.45) is 10.9 Å². The molecule has 0 saturated heterocycles. The molecule has 0 atom stereocenters. The summed E-state index contributed by atoms with van der Waals surface area (Å²) in [5, 5.41) is 13.9. The summed E-state index contributed by atoms with van der Waals surface area (Å²) < 4.78 is 10.3. The number of nitrogens with one attached hydrogen (secondary N) is 1. The summed E-state index contributed by atoms with van der Waals surface area (Å²) in [5.74, 6) is 1.12. The Kier molecular flexibility index (Phi) is 6.15. The van der Waals surface area contributed by atoms with E-state index < -0.39 is 0 Å². The zero-order valence-electron chi connectivity index (χ0n) is 11.5. The summed E-state index contributed by atoms with van der Waals surface area (Å²) in [6.45, 7) is 0.321. The molecule has 110 valence electrons. The van der Waals surface area contributed by atoms with Crippen molar-refractivity contribution in [3.05, 3.63) is 23.8 Å². The molecule has 0 bridgehead atoms. The Morgan fingerprint density at radius 3 is 2.65 bits per heavy atom. The minimum atomic E-state index is -0.150. The number of rotatable bonds is 7. The molecule has 4 N–H and O–H groups in total. The molecule has 1 rings (SSSR count). The second-order valence-corrected chi connectivity index (χ2v) is 4.06. The van der Waals surface area contributed by atoms with Gasteiger partial charge >= 0.3 is 0 Å². The standard InChI is InChI=1S/C13H19N3O4/c1-19-10-4-3-9(7-11(10)20-2)8-13(17)15-6-5-12(14)16-18/h3-4,7,18H,5-6,8H2,1-2H3,(H2,14,16)(H,15,17). The molecular formula is C13H19N3O4. The highest BCUT2D eigenvalue weighted by atomic mass is 16.5. The van der Waals surface area contributed by atoms with E-state index in [1.807, 2.05) is 0 Å². The molecule has 0 aliphatic carbocycles. The molecule has 1 aromatic carbocycles. The van der Waals surface area contributed by atoms with E-state index in [0.29, 0.717) is 24.5 Å². The van der Waals surface area contributed by atoms with Gasteiger partial charge in [-0.3, -0.25) is 4.79 Å². The number of hydrogen-bond acceptors (Lipinski definition) is 5. The molecule has 7 nitrogen and oxygen atoms in total. The molecule has 0 fully saturated rings. The predicted molar refractivity (Wildman–Crippen MR) is 74.3 cm³/mol. The number of oxime groups is 1. The Morgan fingerprint density at radius 2 is 2.05 bits per heavy atom. The molecule has 0 radical (unpaired) electrons. The molecule has 0 spiro atoms. The van der Waals surface area contributed by atoms with Gasteiger partial charge < -0.3 is 25.7 Å². The highest BCUT2D eigenvalue weighted by Crippen LogP contribution is 2.27. The van der Waals surface area contributed by atoms with Crippen LogP contribution in [0.1, 0.15) is 12.0 Å². The van der Waals surface area contributed by atoms with E-state index in [4.69, 9.17) is 20.4 Å². The number of benzene rings is 1. The Bertz CT molecular complexity index is 489. The smallest absolute Gasteiger partial charge is 0.224 e. The average Bonchev–Trinajstić information content (AvgIpc) is 2.46. The van der Waals surface area contributed by atoms with Crippen LogP contribution in [-0.4, -0.2) is 37.7 Å². The molecule has 1 aromatic rings. The monoisotopic (exact) mass is 281 g/mol. The van der Waals surface area contributed by atoms with Crippen molar-refractivity contribution in [1.29, 1.82) is 0 Å². The molecule has 0 saturated carbocycles. The van der Waals surface area contributed by atoms with Crippen molar-refractivity contribution >= 4 is 11.7 Å². The summed E-state index contributed by atoms with van der Waals surface area (Å²) in [6, 6.07) is 5.30. The molecule has 20 heavy (non-hydrogen) atoms. The number of carbonyl (C=O) groups excluding carboxylic acids is 1. The number of carbonyl (C=O) groups is 1. The zero-order valence-corrected chi connectivity index (χ0v) is 11.5. The third-order valence-electron chi connectivity index (χ3n) is 2.64. The molecule has 0 aliphatic heterocycles. The van der Waals surface area contributed by atoms with Gasteiger partial charge in [0.25, 0.3) is 0 Å². The fraction of sp³-hybridized carbons (Fsp3) is 0.385. The summed E-state index contributed by atoms with van der Waals surface area (Å²) in [7, 11) is 3.09. The van der Waals surface area contributed by atoms with Gasteiger partial charge in [-0.05, 0) is 17.7 Å². The largest absolute Gasteiger partial charge is 0.493 e. The Morgan fingerprint density at radius 1 is 1.35 bits per heavy atom. The van der Waals surface area contributed by atoms with Gasteiger partial charge in [-0.2, -0.15) is 0 Å². The van der Waals surface area contributed by atoms with E-state index in [1.165, 1.54) is 0 Å². The number of methoxy groups -OCH3 is 2. The van der Waals surface area contributed by atoms with Gasteiger partial charge in [-0.25, -0.2) is 0 Å². The van der Waals surface area contributed by atoms with Gasteiger partial charge in [0.05, 0.1) is 20.6 Å². The number of nitrogens with two attached hydrogens (primary N) is 1. The van der Waals surface area contributed by atoms with E-state index >= 15 is 0 Å². The summed E-state index contributed by atoms with van der Waals surface area (Å²) in [4.78, 5) is 11.7. The van der Waals surface area contributed by atoms with Crippen LogP contribution in [0.2, 0.25) is 0 Å². The lowest BCUT2D eigenvalue weighted by atomic mass is 10.1. The minimum Gasteiger partial charge on any atom is -0.493 e. The maximum atomic E-state index is 11.7. The minimum absolute atomic E-state index is 0.0800. The highest BCUT2D eigenvalue weighted by molar-refractivity contribution is 5.82. The quantitative estimate of drug-likeness (QED) is 0.292.